The first kappa shape index (κ1) is 14.2. The highest BCUT2D eigenvalue weighted by molar-refractivity contribution is 5.40. The van der Waals surface area contributed by atoms with Crippen LogP contribution in [0.2, 0.25) is 0 Å². The van der Waals surface area contributed by atoms with Gasteiger partial charge in [0.1, 0.15) is 5.75 Å². The minimum absolute atomic E-state index is 0.411. The Bertz CT molecular complexity index is 621. The molecule has 1 unspecified atom stereocenters. The maximum Gasteiger partial charge on any atom is 0.122 e. The Morgan fingerprint density at radius 1 is 1.19 bits per heavy atom. The fraction of sp³-hybridized carbons (Fsp3) is 0.368. The normalized spacial score (nSPS) is 14.6. The number of nitrogens with one attached hydrogen (secondary N) is 1. The van der Waals surface area contributed by atoms with E-state index < -0.39 is 0 Å². The van der Waals surface area contributed by atoms with Crippen LogP contribution in [-0.4, -0.2) is 13.7 Å². The number of aryl methyl sites for hydroxylation is 2. The van der Waals surface area contributed by atoms with Crippen molar-refractivity contribution < 1.29 is 4.74 Å². The number of hydrogen-bond donors (Lipinski definition) is 1. The van der Waals surface area contributed by atoms with E-state index in [-0.39, 0.29) is 0 Å². The van der Waals surface area contributed by atoms with Crippen LogP contribution in [0.25, 0.3) is 0 Å². The van der Waals surface area contributed by atoms with E-state index >= 15 is 0 Å². The molecule has 0 bridgehead atoms. The molecule has 0 saturated heterocycles. The Kier molecular flexibility index (Phi) is 4.26. The molecule has 1 aliphatic heterocycles. The van der Waals surface area contributed by atoms with Crippen LogP contribution in [0, 0.1) is 6.92 Å². The zero-order valence-electron chi connectivity index (χ0n) is 12.9. The summed E-state index contributed by atoms with van der Waals surface area (Å²) < 4.78 is 5.57. The van der Waals surface area contributed by atoms with Crippen LogP contribution in [0.1, 0.15) is 34.7 Å². The third kappa shape index (κ3) is 3.27. The van der Waals surface area contributed by atoms with E-state index in [0.717, 1.165) is 31.6 Å². The third-order valence-corrected chi connectivity index (χ3v) is 4.27. The molecule has 1 aliphatic rings. The number of hydrogen-bond acceptors (Lipinski definition) is 2. The molecule has 2 aromatic carbocycles. The van der Waals surface area contributed by atoms with Crippen LogP contribution in [0.15, 0.2) is 42.5 Å². The summed E-state index contributed by atoms with van der Waals surface area (Å²) in [4.78, 5) is 0. The highest BCUT2D eigenvalue weighted by Gasteiger charge is 2.13. The zero-order chi connectivity index (χ0) is 14.7. The average Bonchev–Trinajstić information content (AvgIpc) is 2.95. The Hall–Kier alpha value is -1.80. The molecular formula is C19H23NO. The largest absolute Gasteiger partial charge is 0.493 e. The molecule has 1 atom stereocenters. The number of benzene rings is 2. The van der Waals surface area contributed by atoms with Gasteiger partial charge in [-0.2, -0.15) is 0 Å². The predicted octanol–water partition coefficient (Wildman–Crippen LogP) is 3.82. The summed E-state index contributed by atoms with van der Waals surface area (Å²) in [5.74, 6) is 1.07. The highest BCUT2D eigenvalue weighted by Crippen LogP contribution is 2.27. The molecule has 0 fully saturated rings. The molecule has 1 N–H and O–H groups in total. The number of ether oxygens (including phenoxy) is 1. The summed E-state index contributed by atoms with van der Waals surface area (Å²) in [6, 6.07) is 15.8. The van der Waals surface area contributed by atoms with Crippen LogP contribution in [0.4, 0.5) is 0 Å². The van der Waals surface area contributed by atoms with Gasteiger partial charge in [0.15, 0.2) is 0 Å². The lowest BCUT2D eigenvalue weighted by Crippen LogP contribution is -2.17. The highest BCUT2D eigenvalue weighted by atomic mass is 16.5. The Morgan fingerprint density at radius 3 is 2.90 bits per heavy atom. The summed E-state index contributed by atoms with van der Waals surface area (Å²) in [6.07, 6.45) is 3.25. The van der Waals surface area contributed by atoms with E-state index in [4.69, 9.17) is 4.74 Å². The summed E-state index contributed by atoms with van der Waals surface area (Å²) in [6.45, 7) is 2.98. The van der Waals surface area contributed by atoms with Gasteiger partial charge in [-0.3, -0.25) is 0 Å². The van der Waals surface area contributed by atoms with Crippen molar-refractivity contribution in [3.05, 3.63) is 64.7 Å². The molecule has 110 valence electrons. The van der Waals surface area contributed by atoms with E-state index in [1.165, 1.54) is 22.3 Å². The molecule has 0 spiro atoms. The quantitative estimate of drug-likeness (QED) is 0.899. The van der Waals surface area contributed by atoms with Crippen molar-refractivity contribution in [3.63, 3.8) is 0 Å². The average molecular weight is 281 g/mol. The summed E-state index contributed by atoms with van der Waals surface area (Å²) in [5.41, 5.74) is 5.47. The van der Waals surface area contributed by atoms with E-state index in [1.807, 2.05) is 7.05 Å². The van der Waals surface area contributed by atoms with Crippen molar-refractivity contribution in [2.45, 2.75) is 32.2 Å². The van der Waals surface area contributed by atoms with Crippen molar-refractivity contribution >= 4 is 0 Å². The zero-order valence-corrected chi connectivity index (χ0v) is 12.9. The Labute approximate surface area is 127 Å². The van der Waals surface area contributed by atoms with Crippen molar-refractivity contribution in [1.82, 2.24) is 5.32 Å². The van der Waals surface area contributed by atoms with Crippen LogP contribution in [-0.2, 0) is 12.8 Å². The SMILES string of the molecule is CNC(CCc1ccc2c(c1)CCO2)c1cccc(C)c1. The van der Waals surface area contributed by atoms with Gasteiger partial charge in [0, 0.05) is 12.5 Å². The molecule has 0 radical (unpaired) electrons. The first-order valence-electron chi connectivity index (χ1n) is 7.74. The Balaban J connectivity index is 1.68. The van der Waals surface area contributed by atoms with Crippen molar-refractivity contribution in [3.8, 4) is 5.75 Å². The minimum atomic E-state index is 0.411. The van der Waals surface area contributed by atoms with E-state index in [1.54, 1.807) is 0 Å². The van der Waals surface area contributed by atoms with Crippen molar-refractivity contribution in [2.75, 3.05) is 13.7 Å². The fourth-order valence-corrected chi connectivity index (χ4v) is 3.07. The lowest BCUT2D eigenvalue weighted by Gasteiger charge is -2.17. The van der Waals surface area contributed by atoms with E-state index in [9.17, 15) is 0 Å². The summed E-state index contributed by atoms with van der Waals surface area (Å²) in [5, 5.41) is 3.44. The van der Waals surface area contributed by atoms with Gasteiger partial charge in [-0.25, -0.2) is 0 Å². The second-order valence-electron chi connectivity index (χ2n) is 5.83. The van der Waals surface area contributed by atoms with Gasteiger partial charge in [-0.1, -0.05) is 42.0 Å². The van der Waals surface area contributed by atoms with E-state index in [2.05, 4.69) is 54.7 Å². The second kappa shape index (κ2) is 6.31. The third-order valence-electron chi connectivity index (χ3n) is 4.27. The van der Waals surface area contributed by atoms with Crippen molar-refractivity contribution in [1.29, 1.82) is 0 Å². The maximum atomic E-state index is 5.57. The van der Waals surface area contributed by atoms with Gasteiger partial charge in [0.25, 0.3) is 0 Å². The standard InChI is InChI=1S/C19H23NO/c1-14-4-3-5-16(12-14)18(20-2)8-6-15-7-9-19-17(13-15)10-11-21-19/h3-5,7,9,12-13,18,20H,6,8,10-11H2,1-2H3. The molecule has 1 heterocycles. The van der Waals surface area contributed by atoms with Crippen LogP contribution in [0.5, 0.6) is 5.75 Å². The molecule has 2 aromatic rings. The van der Waals surface area contributed by atoms with Crippen LogP contribution in [0.3, 0.4) is 0 Å². The predicted molar refractivity (Wildman–Crippen MR) is 86.9 cm³/mol. The Morgan fingerprint density at radius 2 is 2.10 bits per heavy atom. The lowest BCUT2D eigenvalue weighted by molar-refractivity contribution is 0.357. The van der Waals surface area contributed by atoms with Gasteiger partial charge < -0.3 is 10.1 Å². The topological polar surface area (TPSA) is 21.3 Å². The molecular weight excluding hydrogens is 258 g/mol. The molecule has 0 aromatic heterocycles. The fourth-order valence-electron chi connectivity index (χ4n) is 3.07. The molecule has 21 heavy (non-hydrogen) atoms. The van der Waals surface area contributed by atoms with Crippen molar-refractivity contribution in [2.24, 2.45) is 0 Å². The van der Waals surface area contributed by atoms with E-state index in [0.29, 0.717) is 6.04 Å². The van der Waals surface area contributed by atoms with Gasteiger partial charge in [-0.05, 0) is 49.6 Å². The van der Waals surface area contributed by atoms with Gasteiger partial charge in [-0.15, -0.1) is 0 Å². The number of fused-ring (bicyclic) bond motifs is 1. The van der Waals surface area contributed by atoms with Gasteiger partial charge >= 0.3 is 0 Å². The first-order chi connectivity index (χ1) is 10.3. The van der Waals surface area contributed by atoms with Gasteiger partial charge in [0.2, 0.25) is 0 Å². The molecule has 2 nitrogen and oxygen atoms in total. The summed E-state index contributed by atoms with van der Waals surface area (Å²) >= 11 is 0. The second-order valence-corrected chi connectivity index (χ2v) is 5.83. The first-order valence-corrected chi connectivity index (χ1v) is 7.74. The molecule has 0 aliphatic carbocycles. The van der Waals surface area contributed by atoms with Crippen LogP contribution >= 0.6 is 0 Å². The lowest BCUT2D eigenvalue weighted by atomic mass is 9.97. The smallest absolute Gasteiger partial charge is 0.122 e. The molecule has 2 heteroatoms. The van der Waals surface area contributed by atoms with Crippen LogP contribution < -0.4 is 10.1 Å². The molecule has 3 rings (SSSR count). The van der Waals surface area contributed by atoms with Gasteiger partial charge in [0.05, 0.1) is 6.61 Å². The molecule has 0 saturated carbocycles. The molecule has 0 amide bonds. The minimum Gasteiger partial charge on any atom is -0.493 e. The summed E-state index contributed by atoms with van der Waals surface area (Å²) in [7, 11) is 2.05. The monoisotopic (exact) mass is 281 g/mol. The maximum absolute atomic E-state index is 5.57. The number of rotatable bonds is 5.